The normalized spacial score (nSPS) is 14.7. The molecule has 1 aromatic heterocycles. The number of hydrogen-bond acceptors (Lipinski definition) is 6. The van der Waals surface area contributed by atoms with Gasteiger partial charge in [0.25, 0.3) is 0 Å². The van der Waals surface area contributed by atoms with Gasteiger partial charge in [0, 0.05) is 24.4 Å². The molecule has 1 aliphatic rings. The van der Waals surface area contributed by atoms with E-state index in [1.807, 2.05) is 17.7 Å². The summed E-state index contributed by atoms with van der Waals surface area (Å²) in [7, 11) is 0. The minimum atomic E-state index is -0.532. The van der Waals surface area contributed by atoms with Crippen molar-refractivity contribution >= 4 is 11.7 Å². The molecule has 7 heteroatoms. The molecule has 0 atom stereocenters. The number of ether oxygens (including phenoxy) is 2. The van der Waals surface area contributed by atoms with E-state index in [1.54, 1.807) is 19.2 Å². The highest BCUT2D eigenvalue weighted by molar-refractivity contribution is 5.94. The summed E-state index contributed by atoms with van der Waals surface area (Å²) < 4.78 is 12.6. The summed E-state index contributed by atoms with van der Waals surface area (Å²) in [6, 6.07) is 3.12. The topological polar surface area (TPSA) is 82.8 Å². The van der Waals surface area contributed by atoms with E-state index in [2.05, 4.69) is 10.2 Å². The van der Waals surface area contributed by atoms with E-state index in [-0.39, 0.29) is 17.9 Å². The summed E-state index contributed by atoms with van der Waals surface area (Å²) in [5, 5.41) is 3.16. The molecule has 0 spiro atoms. The maximum absolute atomic E-state index is 12.3. The van der Waals surface area contributed by atoms with Gasteiger partial charge in [-0.15, -0.1) is 4.91 Å². The molecular weight excluding hydrogens is 346 g/mol. The van der Waals surface area contributed by atoms with Crippen LogP contribution in [0.25, 0.3) is 5.69 Å². The second kappa shape index (κ2) is 8.79. The van der Waals surface area contributed by atoms with Crippen molar-refractivity contribution < 1.29 is 14.3 Å². The highest BCUT2D eigenvalue weighted by atomic mass is 16.5. The van der Waals surface area contributed by atoms with E-state index in [0.717, 1.165) is 18.7 Å². The van der Waals surface area contributed by atoms with Gasteiger partial charge in [-0.05, 0) is 37.9 Å². The smallest absolute Gasteiger partial charge is 0.341 e. The largest absolute Gasteiger partial charge is 0.493 e. The number of rotatable bonds is 7. The van der Waals surface area contributed by atoms with E-state index in [1.165, 1.54) is 25.3 Å². The lowest BCUT2D eigenvalue weighted by atomic mass is 9.88. The lowest BCUT2D eigenvalue weighted by molar-refractivity contribution is 0.0522. The van der Waals surface area contributed by atoms with Crippen molar-refractivity contribution in [3.05, 3.63) is 40.8 Å². The van der Waals surface area contributed by atoms with Crippen LogP contribution in [0.2, 0.25) is 0 Å². The summed E-state index contributed by atoms with van der Waals surface area (Å²) in [5.41, 5.74) is 0.938. The third kappa shape index (κ3) is 4.02. The third-order valence-electron chi connectivity index (χ3n) is 4.87. The number of esters is 1. The van der Waals surface area contributed by atoms with Gasteiger partial charge in [0.2, 0.25) is 0 Å². The Hall–Kier alpha value is -2.70. The zero-order valence-electron chi connectivity index (χ0n) is 15.8. The van der Waals surface area contributed by atoms with Gasteiger partial charge >= 0.3 is 5.97 Å². The number of hydrogen-bond donors (Lipinski definition) is 0. The fourth-order valence-electron chi connectivity index (χ4n) is 3.65. The first-order valence-corrected chi connectivity index (χ1v) is 9.54. The van der Waals surface area contributed by atoms with Crippen molar-refractivity contribution in [3.8, 4) is 11.4 Å². The van der Waals surface area contributed by atoms with Crippen LogP contribution >= 0.6 is 0 Å². The van der Waals surface area contributed by atoms with Crippen LogP contribution in [0.15, 0.2) is 29.7 Å². The van der Waals surface area contributed by atoms with Crippen molar-refractivity contribution in [1.29, 1.82) is 0 Å². The molecule has 0 aliphatic heterocycles. The Balaban J connectivity index is 2.08. The Kier molecular flexibility index (Phi) is 6.21. The summed E-state index contributed by atoms with van der Waals surface area (Å²) in [6.07, 6.45) is 9.34. The molecule has 144 valence electrons. The lowest BCUT2D eigenvalue weighted by Crippen LogP contribution is -2.12. The number of carbonyl (C=O) groups excluding carboxylic acids is 1. The van der Waals surface area contributed by atoms with Gasteiger partial charge in [0.05, 0.1) is 18.9 Å². The fraction of sp³-hybridized carbons (Fsp3) is 0.500. The molecule has 27 heavy (non-hydrogen) atoms. The average molecular weight is 371 g/mol. The summed E-state index contributed by atoms with van der Waals surface area (Å²) >= 11 is 0. The second-order valence-corrected chi connectivity index (χ2v) is 6.57. The first-order chi connectivity index (χ1) is 13.2. The van der Waals surface area contributed by atoms with Gasteiger partial charge in [-0.1, -0.05) is 19.3 Å². The monoisotopic (exact) mass is 371 g/mol. The van der Waals surface area contributed by atoms with Crippen LogP contribution in [0.1, 0.15) is 68.1 Å². The predicted molar refractivity (Wildman–Crippen MR) is 102 cm³/mol. The van der Waals surface area contributed by atoms with E-state index in [9.17, 15) is 9.70 Å². The minimum Gasteiger partial charge on any atom is -0.493 e. The van der Waals surface area contributed by atoms with Crippen LogP contribution in [0.4, 0.5) is 5.69 Å². The maximum Gasteiger partial charge on any atom is 0.341 e. The molecule has 1 saturated carbocycles. The molecule has 2 aromatic rings. The number of aromatic nitrogens is 2. The van der Waals surface area contributed by atoms with Gasteiger partial charge in [0.15, 0.2) is 0 Å². The second-order valence-electron chi connectivity index (χ2n) is 6.57. The quantitative estimate of drug-likeness (QED) is 0.511. The number of carbonyl (C=O) groups is 1. The first kappa shape index (κ1) is 19.1. The van der Waals surface area contributed by atoms with E-state index >= 15 is 0 Å². The molecular formula is C20H25N3O4. The van der Waals surface area contributed by atoms with Crippen molar-refractivity contribution in [2.45, 2.75) is 51.9 Å². The van der Waals surface area contributed by atoms with Crippen molar-refractivity contribution in [2.24, 2.45) is 5.18 Å². The Labute approximate surface area is 158 Å². The Morgan fingerprint density at radius 3 is 2.67 bits per heavy atom. The van der Waals surface area contributed by atoms with Crippen LogP contribution in [0.3, 0.4) is 0 Å². The summed E-state index contributed by atoms with van der Waals surface area (Å²) in [5.74, 6) is 1.12. The molecule has 1 fully saturated rings. The summed E-state index contributed by atoms with van der Waals surface area (Å²) in [4.78, 5) is 28.3. The van der Waals surface area contributed by atoms with Crippen molar-refractivity contribution in [3.63, 3.8) is 0 Å². The van der Waals surface area contributed by atoms with E-state index in [4.69, 9.17) is 9.47 Å². The lowest BCUT2D eigenvalue weighted by Gasteiger charge is -2.23. The molecule has 0 amide bonds. The molecule has 0 unspecified atom stereocenters. The maximum atomic E-state index is 12.3. The SMILES string of the molecule is CCOC(=O)c1cc(N=O)c(-n2ccnc2C2CCCCC2)cc1OCC. The van der Waals surface area contributed by atoms with Crippen molar-refractivity contribution in [1.82, 2.24) is 9.55 Å². The van der Waals surface area contributed by atoms with E-state index in [0.29, 0.717) is 24.0 Å². The van der Waals surface area contributed by atoms with E-state index < -0.39 is 5.97 Å². The highest BCUT2D eigenvalue weighted by Gasteiger charge is 2.24. The van der Waals surface area contributed by atoms with Gasteiger partial charge < -0.3 is 14.0 Å². The van der Waals surface area contributed by atoms with Crippen LogP contribution in [-0.2, 0) is 4.74 Å². The van der Waals surface area contributed by atoms with Gasteiger partial charge in [-0.2, -0.15) is 0 Å². The molecule has 1 aliphatic carbocycles. The van der Waals surface area contributed by atoms with Gasteiger partial charge in [0.1, 0.15) is 22.8 Å². The minimum absolute atomic E-state index is 0.163. The van der Waals surface area contributed by atoms with Crippen LogP contribution in [0, 0.1) is 4.91 Å². The van der Waals surface area contributed by atoms with Gasteiger partial charge in [-0.3, -0.25) is 0 Å². The predicted octanol–water partition coefficient (Wildman–Crippen LogP) is 4.89. The van der Waals surface area contributed by atoms with Gasteiger partial charge in [-0.25, -0.2) is 9.78 Å². The van der Waals surface area contributed by atoms with Crippen molar-refractivity contribution in [2.75, 3.05) is 13.2 Å². The summed E-state index contributed by atoms with van der Waals surface area (Å²) in [6.45, 7) is 4.20. The Bertz CT molecular complexity index is 810. The molecule has 1 heterocycles. The van der Waals surface area contributed by atoms with Crippen LogP contribution in [-0.4, -0.2) is 28.7 Å². The zero-order chi connectivity index (χ0) is 19.2. The Morgan fingerprint density at radius 2 is 2.00 bits per heavy atom. The Morgan fingerprint density at radius 1 is 1.22 bits per heavy atom. The zero-order valence-corrected chi connectivity index (χ0v) is 15.8. The standard InChI is InChI=1S/C20H25N3O4/c1-3-26-18-13-17(16(22-25)12-15(18)20(24)27-4-2)23-11-10-21-19(23)14-8-6-5-7-9-14/h10-14H,3-9H2,1-2H3. The molecule has 0 saturated heterocycles. The highest BCUT2D eigenvalue weighted by Crippen LogP contribution is 2.37. The molecule has 3 rings (SSSR count). The average Bonchev–Trinajstić information content (AvgIpc) is 3.18. The van der Waals surface area contributed by atoms with Crippen LogP contribution in [0.5, 0.6) is 5.75 Å². The number of nitroso groups, excluding NO2 is 1. The fourth-order valence-corrected chi connectivity index (χ4v) is 3.65. The van der Waals surface area contributed by atoms with Crippen LogP contribution < -0.4 is 4.74 Å². The molecule has 0 radical (unpaired) electrons. The molecule has 1 aromatic carbocycles. The number of imidazole rings is 1. The number of nitrogens with zero attached hydrogens (tertiary/aromatic N) is 3. The molecule has 7 nitrogen and oxygen atoms in total. The number of benzene rings is 1. The molecule has 0 bridgehead atoms. The molecule has 0 N–H and O–H groups in total. The third-order valence-corrected chi connectivity index (χ3v) is 4.87. The first-order valence-electron chi connectivity index (χ1n) is 9.54.